The second-order valence-electron chi connectivity index (χ2n) is 4.33. The first-order valence-electron chi connectivity index (χ1n) is 6.46. The number of aryl methyl sites for hydroxylation is 2. The summed E-state index contributed by atoms with van der Waals surface area (Å²) < 4.78 is 1.63. The van der Waals surface area contributed by atoms with Crippen LogP contribution in [0.2, 0.25) is 0 Å². The molecule has 8 heteroatoms. The van der Waals surface area contributed by atoms with E-state index in [4.69, 9.17) is 0 Å². The molecule has 20 heavy (non-hydrogen) atoms. The highest BCUT2D eigenvalue weighted by atomic mass is 32.1. The third kappa shape index (κ3) is 2.64. The zero-order valence-corrected chi connectivity index (χ0v) is 12.5. The van der Waals surface area contributed by atoms with E-state index in [2.05, 4.69) is 15.4 Å². The molecule has 108 valence electrons. The summed E-state index contributed by atoms with van der Waals surface area (Å²) in [6.07, 6.45) is 2.53. The number of hydrogen-bond acceptors (Lipinski definition) is 6. The number of aromatic nitrogens is 3. The van der Waals surface area contributed by atoms with E-state index in [0.717, 1.165) is 11.4 Å². The number of nitrogens with zero attached hydrogens (tertiary/aromatic N) is 4. The van der Waals surface area contributed by atoms with Gasteiger partial charge in [-0.2, -0.15) is 5.10 Å². The van der Waals surface area contributed by atoms with Crippen molar-refractivity contribution in [1.82, 2.24) is 14.8 Å². The maximum atomic E-state index is 11.2. The molecule has 1 N–H and O–H groups in total. The van der Waals surface area contributed by atoms with Crippen molar-refractivity contribution < 1.29 is 4.92 Å². The lowest BCUT2D eigenvalue weighted by molar-refractivity contribution is -0.384. The molecule has 2 aromatic heterocycles. The molecule has 1 atom stereocenters. The standard InChI is InChI=1S/C12H17N5O2S/c1-4-9(12-13-6-7-20-12)14-11-10(17(18)19)8(3)15-16(11)5-2/h6-7,9,14H,4-5H2,1-3H3. The van der Waals surface area contributed by atoms with E-state index >= 15 is 0 Å². The van der Waals surface area contributed by atoms with Gasteiger partial charge in [0.15, 0.2) is 0 Å². The number of anilines is 1. The summed E-state index contributed by atoms with van der Waals surface area (Å²) in [7, 11) is 0. The lowest BCUT2D eigenvalue weighted by atomic mass is 10.2. The molecule has 0 bridgehead atoms. The zero-order chi connectivity index (χ0) is 14.7. The molecule has 0 aliphatic rings. The highest BCUT2D eigenvalue weighted by molar-refractivity contribution is 7.09. The van der Waals surface area contributed by atoms with Crippen LogP contribution in [0.15, 0.2) is 11.6 Å². The van der Waals surface area contributed by atoms with Gasteiger partial charge in [-0.15, -0.1) is 11.3 Å². The number of thiazole rings is 1. The minimum Gasteiger partial charge on any atom is -0.355 e. The van der Waals surface area contributed by atoms with Gasteiger partial charge in [-0.25, -0.2) is 9.67 Å². The van der Waals surface area contributed by atoms with Crippen molar-refractivity contribution in [1.29, 1.82) is 0 Å². The first-order chi connectivity index (χ1) is 9.58. The van der Waals surface area contributed by atoms with Crippen LogP contribution in [0.5, 0.6) is 0 Å². The van der Waals surface area contributed by atoms with Gasteiger partial charge in [0, 0.05) is 18.1 Å². The zero-order valence-electron chi connectivity index (χ0n) is 11.7. The van der Waals surface area contributed by atoms with Gasteiger partial charge in [0.2, 0.25) is 5.82 Å². The molecule has 0 aliphatic heterocycles. The smallest absolute Gasteiger partial charge is 0.333 e. The number of nitrogens with one attached hydrogen (secondary N) is 1. The minimum absolute atomic E-state index is 0.0434. The molecule has 0 spiro atoms. The SMILES string of the molecule is CCC(Nc1c([N+](=O)[O-])c(C)nn1CC)c1nccs1. The average molecular weight is 295 g/mol. The van der Waals surface area contributed by atoms with Gasteiger partial charge >= 0.3 is 5.69 Å². The molecule has 0 amide bonds. The summed E-state index contributed by atoms with van der Waals surface area (Å²) in [5.74, 6) is 0.456. The van der Waals surface area contributed by atoms with E-state index < -0.39 is 0 Å². The largest absolute Gasteiger partial charge is 0.355 e. The van der Waals surface area contributed by atoms with Gasteiger partial charge in [0.25, 0.3) is 0 Å². The Labute approximate surface area is 120 Å². The summed E-state index contributed by atoms with van der Waals surface area (Å²) in [5, 5.41) is 21.5. The predicted octanol–water partition coefficient (Wildman–Crippen LogP) is 3.14. The monoisotopic (exact) mass is 295 g/mol. The van der Waals surface area contributed by atoms with Crippen LogP contribution in [0.1, 0.15) is 37.0 Å². The van der Waals surface area contributed by atoms with E-state index in [1.165, 1.54) is 11.3 Å². The van der Waals surface area contributed by atoms with Gasteiger partial charge in [-0.3, -0.25) is 10.1 Å². The molecule has 0 fully saturated rings. The second kappa shape index (κ2) is 6.00. The van der Waals surface area contributed by atoms with Gasteiger partial charge in [0.1, 0.15) is 10.7 Å². The fourth-order valence-electron chi connectivity index (χ4n) is 2.07. The van der Waals surface area contributed by atoms with Crippen molar-refractivity contribution >= 4 is 22.8 Å². The van der Waals surface area contributed by atoms with E-state index in [1.807, 2.05) is 19.2 Å². The van der Waals surface area contributed by atoms with Crippen LogP contribution in [0.25, 0.3) is 0 Å². The van der Waals surface area contributed by atoms with Crippen molar-refractivity contribution in [3.63, 3.8) is 0 Å². The van der Waals surface area contributed by atoms with E-state index in [0.29, 0.717) is 18.1 Å². The molecule has 7 nitrogen and oxygen atoms in total. The first-order valence-corrected chi connectivity index (χ1v) is 7.34. The van der Waals surface area contributed by atoms with Crippen LogP contribution < -0.4 is 5.32 Å². The average Bonchev–Trinajstić information content (AvgIpc) is 3.03. The van der Waals surface area contributed by atoms with E-state index in [9.17, 15) is 10.1 Å². The molecule has 2 aromatic rings. The Bertz CT molecular complexity index is 593. The van der Waals surface area contributed by atoms with Gasteiger partial charge in [0.05, 0.1) is 11.0 Å². The normalized spacial score (nSPS) is 12.3. The van der Waals surface area contributed by atoms with E-state index in [-0.39, 0.29) is 16.7 Å². The molecule has 0 saturated carbocycles. The van der Waals surface area contributed by atoms with Crippen LogP contribution in [0.3, 0.4) is 0 Å². The van der Waals surface area contributed by atoms with E-state index in [1.54, 1.807) is 17.8 Å². The lowest BCUT2D eigenvalue weighted by Crippen LogP contribution is -2.14. The molecule has 0 aromatic carbocycles. The highest BCUT2D eigenvalue weighted by Crippen LogP contribution is 2.32. The van der Waals surface area contributed by atoms with Crippen LogP contribution in [-0.4, -0.2) is 19.7 Å². The van der Waals surface area contributed by atoms with Gasteiger partial charge in [-0.05, 0) is 20.3 Å². The number of hydrogen-bond donors (Lipinski definition) is 1. The molecular weight excluding hydrogens is 278 g/mol. The number of rotatable bonds is 6. The molecular formula is C12H17N5O2S. The summed E-state index contributed by atoms with van der Waals surface area (Å²) >= 11 is 1.54. The third-order valence-electron chi connectivity index (χ3n) is 3.05. The Kier molecular flexibility index (Phi) is 4.33. The van der Waals surface area contributed by atoms with Crippen molar-refractivity contribution in [2.24, 2.45) is 0 Å². The minimum atomic E-state index is -0.384. The summed E-state index contributed by atoms with van der Waals surface area (Å²) in [4.78, 5) is 15.1. The van der Waals surface area contributed by atoms with Crippen LogP contribution in [0, 0.1) is 17.0 Å². The Morgan fingerprint density at radius 1 is 1.55 bits per heavy atom. The molecule has 1 unspecified atom stereocenters. The molecule has 0 aliphatic carbocycles. The van der Waals surface area contributed by atoms with Crippen molar-refractivity contribution in [3.05, 3.63) is 32.4 Å². The Hall–Kier alpha value is -1.96. The highest BCUT2D eigenvalue weighted by Gasteiger charge is 2.27. The Morgan fingerprint density at radius 3 is 2.80 bits per heavy atom. The van der Waals surface area contributed by atoms with Crippen LogP contribution in [-0.2, 0) is 6.54 Å². The summed E-state index contributed by atoms with van der Waals surface area (Å²) in [6, 6.07) is -0.0462. The maximum absolute atomic E-state index is 11.2. The topological polar surface area (TPSA) is 85.9 Å². The van der Waals surface area contributed by atoms with Crippen LogP contribution >= 0.6 is 11.3 Å². The van der Waals surface area contributed by atoms with Crippen molar-refractivity contribution in [2.45, 2.75) is 39.8 Å². The quantitative estimate of drug-likeness (QED) is 0.653. The molecule has 0 radical (unpaired) electrons. The molecule has 2 rings (SSSR count). The first kappa shape index (κ1) is 14.4. The fraction of sp³-hybridized carbons (Fsp3) is 0.500. The van der Waals surface area contributed by atoms with Crippen LogP contribution in [0.4, 0.5) is 11.5 Å². The molecule has 0 saturated heterocycles. The molecule has 2 heterocycles. The second-order valence-corrected chi connectivity index (χ2v) is 5.26. The number of nitro groups is 1. The fourth-order valence-corrected chi connectivity index (χ4v) is 2.85. The van der Waals surface area contributed by atoms with Gasteiger partial charge in [-0.1, -0.05) is 6.92 Å². The summed E-state index contributed by atoms with van der Waals surface area (Å²) in [5.41, 5.74) is 0.468. The lowest BCUT2D eigenvalue weighted by Gasteiger charge is -2.15. The van der Waals surface area contributed by atoms with Crippen molar-refractivity contribution in [2.75, 3.05) is 5.32 Å². The maximum Gasteiger partial charge on any atom is 0.333 e. The third-order valence-corrected chi connectivity index (χ3v) is 3.94. The van der Waals surface area contributed by atoms with Crippen molar-refractivity contribution in [3.8, 4) is 0 Å². The Balaban J connectivity index is 2.38. The summed E-state index contributed by atoms with van der Waals surface area (Å²) in [6.45, 7) is 6.15. The Morgan fingerprint density at radius 2 is 2.30 bits per heavy atom. The predicted molar refractivity (Wildman–Crippen MR) is 78.1 cm³/mol. The van der Waals surface area contributed by atoms with Gasteiger partial charge < -0.3 is 5.32 Å².